The molecule has 0 fully saturated rings. The maximum atomic E-state index is 4.96. The monoisotopic (exact) mass is 409 g/mol. The summed E-state index contributed by atoms with van der Waals surface area (Å²) in [6.07, 6.45) is 0. The van der Waals surface area contributed by atoms with Gasteiger partial charge < -0.3 is 0 Å². The van der Waals surface area contributed by atoms with Crippen molar-refractivity contribution in [3.05, 3.63) is 132 Å². The van der Waals surface area contributed by atoms with Crippen LogP contribution in [0.4, 0.5) is 0 Å². The first-order chi connectivity index (χ1) is 14.4. The van der Waals surface area contributed by atoms with Crippen LogP contribution in [-0.2, 0) is 4.75 Å². The summed E-state index contributed by atoms with van der Waals surface area (Å²) in [5, 5.41) is 0. The molecule has 0 aliphatic carbocycles. The summed E-state index contributed by atoms with van der Waals surface area (Å²) in [6.45, 7) is 0. The molecule has 5 aromatic rings. The van der Waals surface area contributed by atoms with E-state index in [2.05, 4.69) is 115 Å². The minimum Gasteiger partial charge on any atom is -0.230 e. The largest absolute Gasteiger partial charge is 0.230 e. The topological polar surface area (TPSA) is 12.9 Å². The number of rotatable bonds is 5. The van der Waals surface area contributed by atoms with E-state index in [1.165, 1.54) is 21.4 Å². The summed E-state index contributed by atoms with van der Waals surface area (Å²) >= 11 is 3.59. The lowest BCUT2D eigenvalue weighted by molar-refractivity contribution is 0.893. The van der Waals surface area contributed by atoms with E-state index in [9.17, 15) is 0 Å². The molecule has 0 N–H and O–H groups in total. The molecule has 0 saturated carbocycles. The molecule has 0 amide bonds. The SMILES string of the molecule is c1ccc(C(Sc2nc3ccccc3s2)(c2ccccc2)c2ccccc2)cc1. The van der Waals surface area contributed by atoms with Gasteiger partial charge in [-0.15, -0.1) is 11.3 Å². The highest BCUT2D eigenvalue weighted by atomic mass is 32.2. The van der Waals surface area contributed by atoms with E-state index in [1.54, 1.807) is 11.3 Å². The molecule has 0 bridgehead atoms. The lowest BCUT2D eigenvalue weighted by atomic mass is 9.84. The molecule has 0 aliphatic rings. The third-order valence-electron chi connectivity index (χ3n) is 5.06. The van der Waals surface area contributed by atoms with Crippen molar-refractivity contribution in [2.75, 3.05) is 0 Å². The van der Waals surface area contributed by atoms with Gasteiger partial charge in [-0.05, 0) is 28.8 Å². The molecular weight excluding hydrogens is 390 g/mol. The van der Waals surface area contributed by atoms with Crippen LogP contribution in [0.15, 0.2) is 120 Å². The fraction of sp³-hybridized carbons (Fsp3) is 0.0385. The van der Waals surface area contributed by atoms with Gasteiger partial charge in [0.15, 0.2) is 4.34 Å². The Bertz CT molecular complexity index is 1090. The Balaban J connectivity index is 1.77. The van der Waals surface area contributed by atoms with Crippen LogP contribution in [-0.4, -0.2) is 4.98 Å². The first-order valence-corrected chi connectivity index (χ1v) is 11.2. The smallest absolute Gasteiger partial charge is 0.152 e. The molecule has 0 radical (unpaired) electrons. The second-order valence-electron chi connectivity index (χ2n) is 6.83. The molecule has 0 spiro atoms. The lowest BCUT2D eigenvalue weighted by Crippen LogP contribution is -2.25. The average molecular weight is 410 g/mol. The van der Waals surface area contributed by atoms with Crippen LogP contribution in [0.5, 0.6) is 0 Å². The molecular formula is C26H19NS2. The number of nitrogens with zero attached hydrogens (tertiary/aromatic N) is 1. The maximum Gasteiger partial charge on any atom is 0.152 e. The summed E-state index contributed by atoms with van der Waals surface area (Å²) in [7, 11) is 0. The maximum absolute atomic E-state index is 4.96. The Morgan fingerprint density at radius 1 is 0.552 bits per heavy atom. The number of thiazole rings is 1. The number of thioether (sulfide) groups is 1. The Kier molecular flexibility index (Phi) is 4.92. The summed E-state index contributed by atoms with van der Waals surface area (Å²) in [5.41, 5.74) is 4.81. The number of hydrogen-bond acceptors (Lipinski definition) is 3. The van der Waals surface area contributed by atoms with Crippen molar-refractivity contribution < 1.29 is 0 Å². The minimum atomic E-state index is -0.377. The van der Waals surface area contributed by atoms with Gasteiger partial charge in [-0.2, -0.15) is 0 Å². The number of aromatic nitrogens is 1. The zero-order valence-electron chi connectivity index (χ0n) is 15.7. The van der Waals surface area contributed by atoms with Crippen LogP contribution in [0.1, 0.15) is 16.7 Å². The van der Waals surface area contributed by atoms with Crippen molar-refractivity contribution in [1.82, 2.24) is 4.98 Å². The van der Waals surface area contributed by atoms with Crippen LogP contribution in [0.25, 0.3) is 10.2 Å². The predicted octanol–water partition coefficient (Wildman–Crippen LogP) is 7.38. The molecule has 0 aliphatic heterocycles. The van der Waals surface area contributed by atoms with Crippen LogP contribution in [0.3, 0.4) is 0 Å². The van der Waals surface area contributed by atoms with E-state index in [0.29, 0.717) is 0 Å². The van der Waals surface area contributed by atoms with Crippen LogP contribution >= 0.6 is 23.1 Å². The molecule has 0 unspecified atom stereocenters. The predicted molar refractivity (Wildman–Crippen MR) is 125 cm³/mol. The minimum absolute atomic E-state index is 0.377. The standard InChI is InChI=1S/C26H19NS2/c1-4-12-20(13-5-1)26(21-14-6-2-7-15-21,22-16-8-3-9-17-22)29-25-27-23-18-10-11-19-24(23)28-25/h1-19H. The van der Waals surface area contributed by atoms with Gasteiger partial charge in [0.05, 0.1) is 15.0 Å². The Morgan fingerprint density at radius 2 is 1.00 bits per heavy atom. The zero-order chi connectivity index (χ0) is 19.5. The average Bonchev–Trinajstić information content (AvgIpc) is 3.22. The number of fused-ring (bicyclic) bond motifs is 1. The molecule has 29 heavy (non-hydrogen) atoms. The van der Waals surface area contributed by atoms with Crippen molar-refractivity contribution >= 4 is 33.3 Å². The van der Waals surface area contributed by atoms with Gasteiger partial charge >= 0.3 is 0 Å². The molecule has 1 aromatic heterocycles. The summed E-state index contributed by atoms with van der Waals surface area (Å²) in [6, 6.07) is 40.6. The van der Waals surface area contributed by atoms with Crippen molar-refractivity contribution in [3.8, 4) is 0 Å². The normalized spacial score (nSPS) is 11.6. The molecule has 1 heterocycles. The van der Waals surface area contributed by atoms with Gasteiger partial charge in [0.1, 0.15) is 0 Å². The highest BCUT2D eigenvalue weighted by Crippen LogP contribution is 2.52. The van der Waals surface area contributed by atoms with Crippen LogP contribution in [0, 0.1) is 0 Å². The van der Waals surface area contributed by atoms with Crippen molar-refractivity contribution in [2.45, 2.75) is 9.09 Å². The van der Waals surface area contributed by atoms with E-state index in [-0.39, 0.29) is 4.75 Å². The Morgan fingerprint density at radius 3 is 1.48 bits per heavy atom. The first kappa shape index (κ1) is 18.2. The second kappa shape index (κ2) is 7.86. The Hall–Kier alpha value is -2.88. The number of benzene rings is 4. The van der Waals surface area contributed by atoms with Gasteiger partial charge in [0, 0.05) is 0 Å². The van der Waals surface area contributed by atoms with Gasteiger partial charge in [-0.3, -0.25) is 0 Å². The summed E-state index contributed by atoms with van der Waals surface area (Å²) < 4.78 is 1.92. The third kappa shape index (κ3) is 3.37. The highest BCUT2D eigenvalue weighted by Gasteiger charge is 2.38. The second-order valence-corrected chi connectivity index (χ2v) is 9.32. The van der Waals surface area contributed by atoms with E-state index < -0.39 is 0 Å². The van der Waals surface area contributed by atoms with Crippen molar-refractivity contribution in [2.24, 2.45) is 0 Å². The third-order valence-corrected chi connectivity index (χ3v) is 7.67. The molecule has 4 aromatic carbocycles. The van der Waals surface area contributed by atoms with Crippen molar-refractivity contribution in [1.29, 1.82) is 0 Å². The van der Waals surface area contributed by atoms with Gasteiger partial charge in [-0.1, -0.05) is 115 Å². The van der Waals surface area contributed by atoms with Gasteiger partial charge in [-0.25, -0.2) is 4.98 Å². The molecule has 140 valence electrons. The summed E-state index contributed by atoms with van der Waals surface area (Å²) in [5.74, 6) is 0. The van der Waals surface area contributed by atoms with Crippen LogP contribution < -0.4 is 0 Å². The van der Waals surface area contributed by atoms with E-state index >= 15 is 0 Å². The van der Waals surface area contributed by atoms with E-state index in [1.807, 2.05) is 11.8 Å². The van der Waals surface area contributed by atoms with E-state index in [0.717, 1.165) is 9.86 Å². The molecule has 0 atom stereocenters. The van der Waals surface area contributed by atoms with Crippen molar-refractivity contribution in [3.63, 3.8) is 0 Å². The zero-order valence-corrected chi connectivity index (χ0v) is 17.4. The summed E-state index contributed by atoms with van der Waals surface area (Å²) in [4.78, 5) is 4.96. The van der Waals surface area contributed by atoms with Gasteiger partial charge in [0.2, 0.25) is 0 Å². The fourth-order valence-corrected chi connectivity index (χ4v) is 6.40. The molecule has 5 rings (SSSR count). The quantitative estimate of drug-likeness (QED) is 0.222. The Labute approximate surface area is 179 Å². The van der Waals surface area contributed by atoms with E-state index in [4.69, 9.17) is 4.98 Å². The lowest BCUT2D eigenvalue weighted by Gasteiger charge is -2.34. The number of hydrogen-bond donors (Lipinski definition) is 0. The van der Waals surface area contributed by atoms with Gasteiger partial charge in [0.25, 0.3) is 0 Å². The molecule has 3 heteroatoms. The molecule has 0 saturated heterocycles. The first-order valence-electron chi connectivity index (χ1n) is 9.57. The highest BCUT2D eigenvalue weighted by molar-refractivity contribution is 8.02. The molecule has 1 nitrogen and oxygen atoms in total. The van der Waals surface area contributed by atoms with Crippen LogP contribution in [0.2, 0.25) is 0 Å². The fourth-order valence-electron chi connectivity index (χ4n) is 3.72. The number of para-hydroxylation sites is 1.